The van der Waals surface area contributed by atoms with Crippen LogP contribution < -0.4 is 9.78 Å². The van der Waals surface area contributed by atoms with Crippen molar-refractivity contribution in [2.75, 3.05) is 18.5 Å². The van der Waals surface area contributed by atoms with Gasteiger partial charge in [0.1, 0.15) is 0 Å². The van der Waals surface area contributed by atoms with Gasteiger partial charge in [0.2, 0.25) is 0 Å². The van der Waals surface area contributed by atoms with E-state index in [1.807, 2.05) is 12.1 Å². The van der Waals surface area contributed by atoms with Crippen molar-refractivity contribution in [3.05, 3.63) is 24.3 Å². The molecule has 0 saturated carbocycles. The zero-order valence-electron chi connectivity index (χ0n) is 6.59. The van der Waals surface area contributed by atoms with Gasteiger partial charge in [-0.25, -0.2) is 0 Å². The van der Waals surface area contributed by atoms with E-state index in [-0.39, 0.29) is 11.5 Å². The van der Waals surface area contributed by atoms with Crippen molar-refractivity contribution in [2.24, 2.45) is 0 Å². The van der Waals surface area contributed by atoms with Crippen LogP contribution in [0, 0.1) is 0 Å². The third-order valence-electron chi connectivity index (χ3n) is 1.87. The van der Waals surface area contributed by atoms with Crippen molar-refractivity contribution in [1.29, 1.82) is 0 Å². The first-order valence-electron chi connectivity index (χ1n) is 3.95. The zero-order chi connectivity index (χ0) is 8.39. The number of hydrogen-bond donors (Lipinski definition) is 1. The summed E-state index contributed by atoms with van der Waals surface area (Å²) in [6.07, 6.45) is 0. The number of rotatable bonds is 1. The van der Waals surface area contributed by atoms with Crippen LogP contribution >= 0.6 is 0 Å². The van der Waals surface area contributed by atoms with Gasteiger partial charge >= 0.3 is 77.1 Å². The summed E-state index contributed by atoms with van der Waals surface area (Å²) in [5, 5.41) is 3.24. The van der Waals surface area contributed by atoms with E-state index in [0.717, 1.165) is 6.54 Å². The molecule has 12 heavy (non-hydrogen) atoms. The second-order valence-electron chi connectivity index (χ2n) is 2.77. The molecule has 0 spiro atoms. The van der Waals surface area contributed by atoms with E-state index in [1.165, 1.54) is 10.1 Å². The molecule has 1 aliphatic heterocycles. The number of anilines is 1. The van der Waals surface area contributed by atoms with Crippen LogP contribution in [-0.4, -0.2) is 28.2 Å². The first kappa shape index (κ1) is 8.09. The van der Waals surface area contributed by atoms with Gasteiger partial charge in [-0.15, -0.1) is 0 Å². The Kier molecular flexibility index (Phi) is 2.33. The molecule has 1 N–H and O–H groups in total. The number of benzene rings is 1. The van der Waals surface area contributed by atoms with Crippen LogP contribution in [0.2, 0.25) is 4.82 Å². The van der Waals surface area contributed by atoms with Gasteiger partial charge in [0.05, 0.1) is 0 Å². The summed E-state index contributed by atoms with van der Waals surface area (Å²) in [7, 11) is 0. The van der Waals surface area contributed by atoms with E-state index in [1.54, 1.807) is 0 Å². The van der Waals surface area contributed by atoms with Gasteiger partial charge in [0.15, 0.2) is 0 Å². The van der Waals surface area contributed by atoms with E-state index in [9.17, 15) is 4.39 Å². The summed E-state index contributed by atoms with van der Waals surface area (Å²) in [5.74, 6) is 0. The Morgan fingerprint density at radius 1 is 1.50 bits per heavy atom. The minimum absolute atomic E-state index is 0.193. The second-order valence-corrected chi connectivity index (χ2v) is 5.59. The summed E-state index contributed by atoms with van der Waals surface area (Å²) >= 11 is 0.316. The van der Waals surface area contributed by atoms with Gasteiger partial charge in [-0.3, -0.25) is 0 Å². The summed E-state index contributed by atoms with van der Waals surface area (Å²) in [6.45, 7) is 0.606. The molecule has 1 aliphatic rings. The Morgan fingerprint density at radius 2 is 2.33 bits per heavy atom. The Labute approximate surface area is 77.5 Å². The molecule has 3 heteroatoms. The van der Waals surface area contributed by atoms with Crippen LogP contribution in [0.5, 0.6) is 0 Å². The first-order chi connectivity index (χ1) is 5.90. The van der Waals surface area contributed by atoms with Gasteiger partial charge < -0.3 is 0 Å². The SMILES string of the molecule is FCC1CNc2ccccc2[Se]1. The van der Waals surface area contributed by atoms with Crippen LogP contribution in [0.1, 0.15) is 0 Å². The van der Waals surface area contributed by atoms with Gasteiger partial charge in [0.25, 0.3) is 0 Å². The summed E-state index contributed by atoms with van der Waals surface area (Å²) in [6, 6.07) is 8.18. The van der Waals surface area contributed by atoms with Crippen molar-refractivity contribution < 1.29 is 4.39 Å². The number of hydrogen-bond acceptors (Lipinski definition) is 1. The fraction of sp³-hybridized carbons (Fsp3) is 0.333. The molecule has 0 radical (unpaired) electrons. The predicted molar refractivity (Wildman–Crippen MR) is 50.0 cm³/mol. The van der Waals surface area contributed by atoms with Crippen LogP contribution in [0.4, 0.5) is 10.1 Å². The van der Waals surface area contributed by atoms with Gasteiger partial charge in [0, 0.05) is 0 Å². The normalized spacial score (nSPS) is 21.2. The molecule has 1 heterocycles. The van der Waals surface area contributed by atoms with Crippen molar-refractivity contribution in [1.82, 2.24) is 0 Å². The molecule has 1 aromatic rings. The molecule has 0 fully saturated rings. The fourth-order valence-corrected chi connectivity index (χ4v) is 3.37. The summed E-state index contributed by atoms with van der Waals surface area (Å²) < 4.78 is 13.7. The molecule has 0 aliphatic carbocycles. The molecule has 1 aromatic carbocycles. The Morgan fingerprint density at radius 3 is 3.17 bits per heavy atom. The van der Waals surface area contributed by atoms with Crippen LogP contribution in [-0.2, 0) is 0 Å². The molecule has 1 atom stereocenters. The molecule has 2 rings (SSSR count). The quantitative estimate of drug-likeness (QED) is 0.715. The van der Waals surface area contributed by atoms with Gasteiger partial charge in [-0.2, -0.15) is 0 Å². The molecule has 0 amide bonds. The number of nitrogens with one attached hydrogen (secondary N) is 1. The van der Waals surface area contributed by atoms with Crippen LogP contribution in [0.3, 0.4) is 0 Å². The average Bonchev–Trinajstić information content (AvgIpc) is 2.17. The molecule has 1 unspecified atom stereocenters. The van der Waals surface area contributed by atoms with Crippen molar-refractivity contribution in [2.45, 2.75) is 4.82 Å². The molecule has 0 aromatic heterocycles. The van der Waals surface area contributed by atoms with E-state index in [0.29, 0.717) is 15.0 Å². The number of fused-ring (bicyclic) bond motifs is 1. The average molecular weight is 230 g/mol. The predicted octanol–water partition coefficient (Wildman–Crippen LogP) is 1.20. The molecular formula is C9H10FNSe. The van der Waals surface area contributed by atoms with E-state index < -0.39 is 0 Å². The van der Waals surface area contributed by atoms with Gasteiger partial charge in [-0.05, 0) is 0 Å². The summed E-state index contributed by atoms with van der Waals surface area (Å²) in [4.78, 5) is 0.229. The topological polar surface area (TPSA) is 12.0 Å². The number of alkyl halides is 1. The third-order valence-corrected chi connectivity index (χ3v) is 4.47. The molecular weight excluding hydrogens is 220 g/mol. The van der Waals surface area contributed by atoms with Crippen molar-refractivity contribution >= 4 is 25.1 Å². The number of halogens is 1. The maximum absolute atomic E-state index is 12.3. The first-order valence-corrected chi connectivity index (χ1v) is 5.80. The van der Waals surface area contributed by atoms with Crippen molar-refractivity contribution in [3.8, 4) is 0 Å². The Hall–Kier alpha value is -0.531. The van der Waals surface area contributed by atoms with Crippen LogP contribution in [0.25, 0.3) is 0 Å². The number of para-hydroxylation sites is 1. The van der Waals surface area contributed by atoms with Crippen LogP contribution in [0.15, 0.2) is 24.3 Å². The standard InChI is InChI=1S/C9H10FNSe/c10-5-7-6-11-8-3-1-2-4-9(8)12-7/h1-4,7,11H,5-6H2. The van der Waals surface area contributed by atoms with E-state index in [2.05, 4.69) is 17.4 Å². The maximum atomic E-state index is 12.3. The van der Waals surface area contributed by atoms with Gasteiger partial charge in [-0.1, -0.05) is 0 Å². The fourth-order valence-electron chi connectivity index (χ4n) is 1.25. The molecule has 1 nitrogen and oxygen atoms in total. The Balaban J connectivity index is 2.23. The molecule has 64 valence electrons. The molecule has 0 bridgehead atoms. The zero-order valence-corrected chi connectivity index (χ0v) is 8.30. The third kappa shape index (κ3) is 1.47. The minimum atomic E-state index is -0.193. The molecule has 0 saturated heterocycles. The monoisotopic (exact) mass is 231 g/mol. The summed E-state index contributed by atoms with van der Waals surface area (Å²) in [5.41, 5.74) is 1.20. The second kappa shape index (κ2) is 3.46. The van der Waals surface area contributed by atoms with E-state index in [4.69, 9.17) is 0 Å². The van der Waals surface area contributed by atoms with Crippen molar-refractivity contribution in [3.63, 3.8) is 0 Å². The van der Waals surface area contributed by atoms with E-state index >= 15 is 0 Å². The Bertz CT molecular complexity index is 277.